The van der Waals surface area contributed by atoms with E-state index in [1.54, 1.807) is 0 Å². The Labute approximate surface area is 127 Å². The zero-order valence-corrected chi connectivity index (χ0v) is 13.5. The molecular weight excluding hydrogens is 258 g/mol. The Morgan fingerprint density at radius 1 is 1.29 bits per heavy atom. The maximum atomic E-state index is 4.66. The number of hydrogen-bond acceptors (Lipinski definition) is 2. The summed E-state index contributed by atoms with van der Waals surface area (Å²) in [6, 6.07) is 9.17. The van der Waals surface area contributed by atoms with Gasteiger partial charge in [-0.2, -0.15) is 5.10 Å². The number of nitrogens with zero attached hydrogens (tertiary/aromatic N) is 2. The average Bonchev–Trinajstić information content (AvgIpc) is 2.82. The zero-order valence-electron chi connectivity index (χ0n) is 13.5. The SMILES string of the molecule is CNC1CC(C)(C)Cc2c1cnn2Cc1ccc(C)cc1. The van der Waals surface area contributed by atoms with Crippen LogP contribution < -0.4 is 5.32 Å². The summed E-state index contributed by atoms with van der Waals surface area (Å²) in [6.45, 7) is 7.69. The van der Waals surface area contributed by atoms with Crippen LogP contribution in [0.2, 0.25) is 0 Å². The van der Waals surface area contributed by atoms with E-state index in [1.165, 1.54) is 28.8 Å². The topological polar surface area (TPSA) is 29.9 Å². The van der Waals surface area contributed by atoms with Crippen LogP contribution in [0.1, 0.15) is 48.7 Å². The minimum atomic E-state index is 0.325. The third-order valence-electron chi connectivity index (χ3n) is 4.56. The fourth-order valence-electron chi connectivity index (χ4n) is 3.36. The van der Waals surface area contributed by atoms with Crippen molar-refractivity contribution in [1.29, 1.82) is 0 Å². The standard InChI is InChI=1S/C18H25N3/c1-13-5-7-14(8-6-13)12-21-17-10-18(2,3)9-16(19-4)15(17)11-20-21/h5-8,11,16,19H,9-10,12H2,1-4H3. The van der Waals surface area contributed by atoms with Crippen LogP contribution in [0.3, 0.4) is 0 Å². The molecule has 0 saturated heterocycles. The van der Waals surface area contributed by atoms with E-state index in [4.69, 9.17) is 0 Å². The van der Waals surface area contributed by atoms with Crippen molar-refractivity contribution >= 4 is 0 Å². The summed E-state index contributed by atoms with van der Waals surface area (Å²) in [7, 11) is 2.05. The predicted molar refractivity (Wildman–Crippen MR) is 86.4 cm³/mol. The van der Waals surface area contributed by atoms with Crippen molar-refractivity contribution in [1.82, 2.24) is 15.1 Å². The number of aromatic nitrogens is 2. The van der Waals surface area contributed by atoms with E-state index in [9.17, 15) is 0 Å². The summed E-state index contributed by atoms with van der Waals surface area (Å²) in [5.41, 5.74) is 5.72. The van der Waals surface area contributed by atoms with Gasteiger partial charge in [-0.25, -0.2) is 0 Å². The molecule has 0 spiro atoms. The Morgan fingerprint density at radius 3 is 2.67 bits per heavy atom. The molecule has 0 bridgehead atoms. The molecule has 1 N–H and O–H groups in total. The molecule has 1 atom stereocenters. The molecule has 1 heterocycles. The van der Waals surface area contributed by atoms with Gasteiger partial charge in [0.05, 0.1) is 12.7 Å². The Morgan fingerprint density at radius 2 is 2.00 bits per heavy atom. The van der Waals surface area contributed by atoms with E-state index >= 15 is 0 Å². The molecule has 1 aromatic heterocycles. The van der Waals surface area contributed by atoms with Crippen molar-refractivity contribution in [3.63, 3.8) is 0 Å². The summed E-state index contributed by atoms with van der Waals surface area (Å²) >= 11 is 0. The van der Waals surface area contributed by atoms with Gasteiger partial charge in [0, 0.05) is 17.3 Å². The number of fused-ring (bicyclic) bond motifs is 1. The van der Waals surface area contributed by atoms with Gasteiger partial charge in [-0.05, 0) is 37.8 Å². The van der Waals surface area contributed by atoms with Crippen molar-refractivity contribution in [2.24, 2.45) is 5.41 Å². The monoisotopic (exact) mass is 283 g/mol. The smallest absolute Gasteiger partial charge is 0.0662 e. The average molecular weight is 283 g/mol. The predicted octanol–water partition coefficient (Wildman–Crippen LogP) is 3.47. The zero-order chi connectivity index (χ0) is 15.0. The van der Waals surface area contributed by atoms with E-state index < -0.39 is 0 Å². The number of nitrogens with one attached hydrogen (secondary N) is 1. The minimum Gasteiger partial charge on any atom is -0.313 e. The third kappa shape index (κ3) is 2.88. The van der Waals surface area contributed by atoms with Crippen LogP contribution in [0.4, 0.5) is 0 Å². The molecule has 0 aliphatic heterocycles. The second-order valence-electron chi connectivity index (χ2n) is 7.08. The van der Waals surface area contributed by atoms with Gasteiger partial charge in [0.1, 0.15) is 0 Å². The highest BCUT2D eigenvalue weighted by molar-refractivity contribution is 5.29. The lowest BCUT2D eigenvalue weighted by Crippen LogP contribution is -2.32. The fourth-order valence-corrected chi connectivity index (χ4v) is 3.36. The largest absolute Gasteiger partial charge is 0.313 e. The summed E-state index contributed by atoms with van der Waals surface area (Å²) in [5, 5.41) is 8.10. The normalized spacial score (nSPS) is 20.3. The first kappa shape index (κ1) is 14.3. The van der Waals surface area contributed by atoms with Gasteiger partial charge in [-0.1, -0.05) is 43.7 Å². The van der Waals surface area contributed by atoms with Crippen LogP contribution >= 0.6 is 0 Å². The first-order chi connectivity index (χ1) is 9.98. The number of benzene rings is 1. The van der Waals surface area contributed by atoms with Crippen molar-refractivity contribution in [2.45, 2.75) is 46.2 Å². The van der Waals surface area contributed by atoms with E-state index in [0.717, 1.165) is 13.0 Å². The Balaban J connectivity index is 1.91. The molecule has 0 saturated carbocycles. The fraction of sp³-hybridized carbons (Fsp3) is 0.500. The molecule has 0 amide bonds. The van der Waals surface area contributed by atoms with E-state index in [0.29, 0.717) is 11.5 Å². The summed E-state index contributed by atoms with van der Waals surface area (Å²) < 4.78 is 2.19. The highest BCUT2D eigenvalue weighted by Gasteiger charge is 2.34. The van der Waals surface area contributed by atoms with Crippen LogP contribution in [0.5, 0.6) is 0 Å². The van der Waals surface area contributed by atoms with Crippen molar-refractivity contribution in [3.05, 3.63) is 52.8 Å². The minimum absolute atomic E-state index is 0.325. The molecule has 0 radical (unpaired) electrons. The van der Waals surface area contributed by atoms with Gasteiger partial charge in [0.15, 0.2) is 0 Å². The number of aryl methyl sites for hydroxylation is 1. The molecule has 1 aromatic carbocycles. The van der Waals surface area contributed by atoms with Crippen molar-refractivity contribution in [3.8, 4) is 0 Å². The van der Waals surface area contributed by atoms with Crippen LogP contribution in [-0.2, 0) is 13.0 Å². The van der Waals surface area contributed by atoms with Gasteiger partial charge in [-0.15, -0.1) is 0 Å². The molecule has 3 rings (SSSR count). The first-order valence-corrected chi connectivity index (χ1v) is 7.76. The highest BCUT2D eigenvalue weighted by Crippen LogP contribution is 2.40. The molecular formula is C18H25N3. The number of rotatable bonds is 3. The maximum Gasteiger partial charge on any atom is 0.0662 e. The van der Waals surface area contributed by atoms with E-state index in [2.05, 4.69) is 66.3 Å². The van der Waals surface area contributed by atoms with Crippen LogP contribution in [0, 0.1) is 12.3 Å². The molecule has 21 heavy (non-hydrogen) atoms. The second kappa shape index (κ2) is 5.30. The summed E-state index contributed by atoms with van der Waals surface area (Å²) in [4.78, 5) is 0. The van der Waals surface area contributed by atoms with Gasteiger partial charge < -0.3 is 5.32 Å². The molecule has 1 aliphatic rings. The number of hydrogen-bond donors (Lipinski definition) is 1. The molecule has 1 unspecified atom stereocenters. The van der Waals surface area contributed by atoms with Crippen molar-refractivity contribution < 1.29 is 0 Å². The molecule has 3 heteroatoms. The van der Waals surface area contributed by atoms with Gasteiger partial charge in [0.25, 0.3) is 0 Å². The Hall–Kier alpha value is -1.61. The lowest BCUT2D eigenvalue weighted by Gasteiger charge is -2.35. The lowest BCUT2D eigenvalue weighted by atomic mass is 9.74. The Kier molecular flexibility index (Phi) is 3.62. The van der Waals surface area contributed by atoms with Crippen LogP contribution in [0.25, 0.3) is 0 Å². The van der Waals surface area contributed by atoms with E-state index in [1.807, 2.05) is 7.05 Å². The van der Waals surface area contributed by atoms with Crippen LogP contribution in [0.15, 0.2) is 30.5 Å². The summed E-state index contributed by atoms with van der Waals surface area (Å²) in [6.07, 6.45) is 4.33. The maximum absolute atomic E-state index is 4.66. The van der Waals surface area contributed by atoms with Crippen molar-refractivity contribution in [2.75, 3.05) is 7.05 Å². The molecule has 3 nitrogen and oxygen atoms in total. The third-order valence-corrected chi connectivity index (χ3v) is 4.56. The van der Waals surface area contributed by atoms with Gasteiger partial charge in [0.2, 0.25) is 0 Å². The van der Waals surface area contributed by atoms with E-state index in [-0.39, 0.29) is 0 Å². The first-order valence-electron chi connectivity index (χ1n) is 7.76. The summed E-state index contributed by atoms with van der Waals surface area (Å²) in [5.74, 6) is 0. The quantitative estimate of drug-likeness (QED) is 0.934. The molecule has 1 aliphatic carbocycles. The van der Waals surface area contributed by atoms with Gasteiger partial charge in [-0.3, -0.25) is 4.68 Å². The lowest BCUT2D eigenvalue weighted by molar-refractivity contribution is 0.258. The molecule has 0 fully saturated rings. The Bertz CT molecular complexity index is 622. The highest BCUT2D eigenvalue weighted by atomic mass is 15.3. The van der Waals surface area contributed by atoms with Crippen LogP contribution in [-0.4, -0.2) is 16.8 Å². The molecule has 112 valence electrons. The second-order valence-corrected chi connectivity index (χ2v) is 7.08. The molecule has 2 aromatic rings. The van der Waals surface area contributed by atoms with Gasteiger partial charge >= 0.3 is 0 Å².